The molecule has 0 fully saturated rings. The first kappa shape index (κ1) is 8.42. The van der Waals surface area contributed by atoms with E-state index in [4.69, 9.17) is 0 Å². The van der Waals surface area contributed by atoms with Crippen molar-refractivity contribution < 1.29 is 0 Å². The summed E-state index contributed by atoms with van der Waals surface area (Å²) in [6, 6.07) is 0. The molecule has 4 heteroatoms. The second kappa shape index (κ2) is 4.31. The summed E-state index contributed by atoms with van der Waals surface area (Å²) in [5.41, 5.74) is 0. The average molecular weight is 244 g/mol. The molecule has 0 radical (unpaired) electrons. The van der Waals surface area contributed by atoms with Crippen LogP contribution in [-0.4, -0.2) is 11.9 Å². The van der Waals surface area contributed by atoms with E-state index in [9.17, 15) is 0 Å². The van der Waals surface area contributed by atoms with Crippen molar-refractivity contribution in [3.05, 3.63) is 12.4 Å². The van der Waals surface area contributed by atoms with Gasteiger partial charge >= 0.3 is 0 Å². The largest absolute Gasteiger partial charge is 0.370 e. The van der Waals surface area contributed by atoms with Gasteiger partial charge in [0.15, 0.2) is 0 Å². The number of nitrogens with one attached hydrogen (secondary N) is 2. The molecular weight excluding hydrogens is 235 g/mol. The van der Waals surface area contributed by atoms with Crippen LogP contribution in [0.4, 0.5) is 0 Å². The molecule has 0 amide bonds. The molecule has 0 bridgehead atoms. The van der Waals surface area contributed by atoms with Crippen LogP contribution in [0.15, 0.2) is 12.4 Å². The van der Waals surface area contributed by atoms with Gasteiger partial charge in [-0.1, -0.05) is 0 Å². The predicted molar refractivity (Wildman–Crippen MR) is 48.5 cm³/mol. The normalized spacial score (nSPS) is 16.6. The molecule has 1 aliphatic heterocycles. The fraction of sp³-hybridized carbons (Fsp3) is 0.500. The summed E-state index contributed by atoms with van der Waals surface area (Å²) in [7, 11) is 0. The molecule has 0 aromatic carbocycles. The molecule has 1 heterocycles. The maximum atomic E-state index is 4.05. The van der Waals surface area contributed by atoms with Crippen molar-refractivity contribution in [2.45, 2.75) is 6.17 Å². The van der Waals surface area contributed by atoms with Crippen LogP contribution in [0.3, 0.4) is 0 Å². The lowest BCUT2D eigenvalue weighted by atomic mass is 10.6. The summed E-state index contributed by atoms with van der Waals surface area (Å²) < 4.78 is 0. The average Bonchev–Trinajstić information content (AvgIpc) is 2.14. The maximum absolute atomic E-state index is 4.05. The molecule has 0 atom stereocenters. The Morgan fingerprint density at radius 3 is 2.12 bits per heavy atom. The first-order chi connectivity index (χ1) is 3.43. The molecule has 48 valence electrons. The predicted octanol–water partition coefficient (Wildman–Crippen LogP) is 0.524. The minimum atomic E-state index is 0. The highest BCUT2D eigenvalue weighted by Gasteiger charge is 2.01. The fourth-order valence-electron chi connectivity index (χ4n) is 0.482. The zero-order valence-electron chi connectivity index (χ0n) is 4.29. The zero-order chi connectivity index (χ0) is 5.11. The zero-order valence-corrected chi connectivity index (χ0v) is 7.52. The van der Waals surface area contributed by atoms with Crippen LogP contribution >= 0.6 is 36.6 Å². The molecule has 1 rings (SSSR count). The van der Waals surface area contributed by atoms with E-state index in [-0.39, 0.29) is 24.0 Å². The Morgan fingerprint density at radius 1 is 1.38 bits per heavy atom. The summed E-state index contributed by atoms with van der Waals surface area (Å²) in [5, 5.41) is 6.08. The maximum Gasteiger partial charge on any atom is 0.105 e. The van der Waals surface area contributed by atoms with E-state index in [0.717, 1.165) is 5.75 Å². The van der Waals surface area contributed by atoms with Gasteiger partial charge in [0.1, 0.15) is 6.17 Å². The lowest BCUT2D eigenvalue weighted by molar-refractivity contribution is 0.636. The third-order valence-corrected chi connectivity index (χ3v) is 1.23. The molecule has 0 saturated carbocycles. The van der Waals surface area contributed by atoms with Gasteiger partial charge in [-0.3, -0.25) is 0 Å². The van der Waals surface area contributed by atoms with Crippen LogP contribution in [0, 0.1) is 0 Å². The van der Waals surface area contributed by atoms with Gasteiger partial charge in [0, 0.05) is 18.2 Å². The molecule has 0 unspecified atom stereocenters. The van der Waals surface area contributed by atoms with E-state index >= 15 is 0 Å². The van der Waals surface area contributed by atoms with Gasteiger partial charge in [-0.2, -0.15) is 12.6 Å². The number of hydrogen-bond acceptors (Lipinski definition) is 3. The van der Waals surface area contributed by atoms with Gasteiger partial charge in [0.2, 0.25) is 0 Å². The van der Waals surface area contributed by atoms with E-state index in [2.05, 4.69) is 23.3 Å². The molecule has 8 heavy (non-hydrogen) atoms. The van der Waals surface area contributed by atoms with Crippen molar-refractivity contribution >= 4 is 36.6 Å². The van der Waals surface area contributed by atoms with E-state index in [1.807, 2.05) is 12.4 Å². The van der Waals surface area contributed by atoms with Crippen molar-refractivity contribution in [2.24, 2.45) is 0 Å². The first-order valence-electron chi connectivity index (χ1n) is 2.21. The third-order valence-electron chi connectivity index (χ3n) is 0.861. The fourth-order valence-corrected chi connectivity index (χ4v) is 0.693. The Kier molecular flexibility index (Phi) is 4.54. The van der Waals surface area contributed by atoms with Crippen LogP contribution in [0.2, 0.25) is 0 Å². The first-order valence-corrected chi connectivity index (χ1v) is 2.84. The summed E-state index contributed by atoms with van der Waals surface area (Å²) in [5.74, 6) is 0.826. The third kappa shape index (κ3) is 2.13. The molecule has 0 aliphatic carbocycles. The van der Waals surface area contributed by atoms with Crippen molar-refractivity contribution in [3.8, 4) is 0 Å². The molecule has 0 aromatic rings. The van der Waals surface area contributed by atoms with Crippen molar-refractivity contribution in [2.75, 3.05) is 5.75 Å². The number of hydrogen-bond donors (Lipinski definition) is 3. The minimum Gasteiger partial charge on any atom is -0.370 e. The van der Waals surface area contributed by atoms with Crippen LogP contribution in [0.5, 0.6) is 0 Å². The molecule has 1 aliphatic rings. The topological polar surface area (TPSA) is 24.1 Å². The van der Waals surface area contributed by atoms with Gasteiger partial charge in [-0.15, -0.1) is 24.0 Å². The van der Waals surface area contributed by atoms with Gasteiger partial charge in [-0.25, -0.2) is 0 Å². The van der Waals surface area contributed by atoms with Crippen molar-refractivity contribution in [3.63, 3.8) is 0 Å². The Hall–Kier alpha value is 0.420. The van der Waals surface area contributed by atoms with Gasteiger partial charge in [0.05, 0.1) is 0 Å². The highest BCUT2D eigenvalue weighted by Crippen LogP contribution is 1.87. The summed E-state index contributed by atoms with van der Waals surface area (Å²) in [6.07, 6.45) is 4.10. The highest BCUT2D eigenvalue weighted by molar-refractivity contribution is 14.0. The molecular formula is C4H9IN2S. The van der Waals surface area contributed by atoms with Crippen LogP contribution < -0.4 is 10.6 Å². The highest BCUT2D eigenvalue weighted by atomic mass is 127. The second-order valence-corrected chi connectivity index (χ2v) is 1.77. The van der Waals surface area contributed by atoms with Crippen LogP contribution in [0.25, 0.3) is 0 Å². The SMILES string of the molecule is I.SCC1NC=CN1. The second-order valence-electron chi connectivity index (χ2n) is 1.40. The summed E-state index contributed by atoms with van der Waals surface area (Å²) in [4.78, 5) is 0. The van der Waals surface area contributed by atoms with Gasteiger partial charge in [0.25, 0.3) is 0 Å². The Balaban J connectivity index is 0.000000490. The Labute approximate surface area is 71.5 Å². The Morgan fingerprint density at radius 2 is 1.88 bits per heavy atom. The van der Waals surface area contributed by atoms with Gasteiger partial charge in [-0.05, 0) is 0 Å². The van der Waals surface area contributed by atoms with E-state index in [0.29, 0.717) is 6.17 Å². The van der Waals surface area contributed by atoms with Crippen molar-refractivity contribution in [1.29, 1.82) is 0 Å². The number of halogens is 1. The van der Waals surface area contributed by atoms with Crippen molar-refractivity contribution in [1.82, 2.24) is 10.6 Å². The quantitative estimate of drug-likeness (QED) is 0.463. The summed E-state index contributed by atoms with van der Waals surface area (Å²) in [6.45, 7) is 0. The minimum absolute atomic E-state index is 0. The number of rotatable bonds is 1. The standard InChI is InChI=1S/C4H8N2S.HI/c7-3-4-5-1-2-6-4;/h1-2,4-7H,3H2;1H. The molecule has 2 nitrogen and oxygen atoms in total. The van der Waals surface area contributed by atoms with Gasteiger partial charge < -0.3 is 10.6 Å². The lowest BCUT2D eigenvalue weighted by Crippen LogP contribution is -2.32. The van der Waals surface area contributed by atoms with E-state index < -0.39 is 0 Å². The molecule has 0 aromatic heterocycles. The Bertz CT molecular complexity index is 78.1. The van der Waals surface area contributed by atoms with Crippen LogP contribution in [-0.2, 0) is 0 Å². The monoisotopic (exact) mass is 244 g/mol. The smallest absolute Gasteiger partial charge is 0.105 e. The molecule has 0 spiro atoms. The van der Waals surface area contributed by atoms with E-state index in [1.165, 1.54) is 0 Å². The lowest BCUT2D eigenvalue weighted by Gasteiger charge is -2.05. The molecule has 2 N–H and O–H groups in total. The summed E-state index contributed by atoms with van der Waals surface area (Å²) >= 11 is 4.05. The number of thiol groups is 1. The van der Waals surface area contributed by atoms with Crippen LogP contribution in [0.1, 0.15) is 0 Å². The molecule has 0 saturated heterocycles. The van der Waals surface area contributed by atoms with E-state index in [1.54, 1.807) is 0 Å².